The molecule has 3 rings (SSSR count). The van der Waals surface area contributed by atoms with Gasteiger partial charge in [0, 0.05) is 37.1 Å². The number of hydrogen-bond donors (Lipinski definition) is 1. The van der Waals surface area contributed by atoms with Crippen LogP contribution in [0.15, 0.2) is 67.1 Å². The van der Waals surface area contributed by atoms with Gasteiger partial charge in [0.05, 0.1) is 11.3 Å². The van der Waals surface area contributed by atoms with Crippen LogP contribution in [-0.2, 0) is 23.9 Å². The van der Waals surface area contributed by atoms with E-state index in [0.29, 0.717) is 18.5 Å². The molecule has 0 aliphatic carbocycles. The number of hydrogen-bond acceptors (Lipinski definition) is 3. The Kier molecular flexibility index (Phi) is 6.03. The van der Waals surface area contributed by atoms with Crippen LogP contribution in [0.3, 0.4) is 0 Å². The second-order valence-electron chi connectivity index (χ2n) is 6.22. The molecule has 3 aromatic rings. The zero-order valence-electron chi connectivity index (χ0n) is 14.9. The van der Waals surface area contributed by atoms with Crippen LogP contribution in [0.1, 0.15) is 23.1 Å². The molecule has 0 atom stereocenters. The van der Waals surface area contributed by atoms with E-state index < -0.39 is 11.7 Å². The van der Waals surface area contributed by atoms with Crippen molar-refractivity contribution in [2.75, 3.05) is 0 Å². The normalized spacial score (nSPS) is 11.2. The summed E-state index contributed by atoms with van der Waals surface area (Å²) in [5, 5.41) is 2.84. The predicted octanol–water partition coefficient (Wildman–Crippen LogP) is 4.41. The lowest BCUT2D eigenvalue weighted by atomic mass is 10.1. The lowest BCUT2D eigenvalue weighted by Crippen LogP contribution is -2.23. The number of benzene rings is 1. The van der Waals surface area contributed by atoms with Crippen LogP contribution < -0.4 is 5.32 Å². The summed E-state index contributed by atoms with van der Waals surface area (Å²) in [4.78, 5) is 20.5. The van der Waals surface area contributed by atoms with Crippen LogP contribution in [0.4, 0.5) is 13.2 Å². The molecule has 2 heterocycles. The van der Waals surface area contributed by atoms with E-state index in [2.05, 4.69) is 15.3 Å². The molecule has 0 bridgehead atoms. The monoisotopic (exact) mass is 385 g/mol. The molecule has 0 aliphatic rings. The van der Waals surface area contributed by atoms with Crippen molar-refractivity contribution in [3.8, 4) is 11.3 Å². The van der Waals surface area contributed by atoms with Crippen LogP contribution in [0.5, 0.6) is 0 Å². The van der Waals surface area contributed by atoms with Crippen molar-refractivity contribution in [1.82, 2.24) is 15.3 Å². The molecule has 0 unspecified atom stereocenters. The van der Waals surface area contributed by atoms with E-state index in [1.807, 2.05) is 18.2 Å². The highest BCUT2D eigenvalue weighted by molar-refractivity contribution is 5.76. The Morgan fingerprint density at radius 2 is 1.68 bits per heavy atom. The fourth-order valence-electron chi connectivity index (χ4n) is 2.75. The number of pyridine rings is 2. The first-order chi connectivity index (χ1) is 13.4. The molecule has 4 nitrogen and oxygen atoms in total. The Bertz CT molecular complexity index is 926. The summed E-state index contributed by atoms with van der Waals surface area (Å²) in [6, 6.07) is 12.2. The number of carbonyl (C=O) groups is 1. The Labute approximate surface area is 160 Å². The van der Waals surface area contributed by atoms with E-state index >= 15 is 0 Å². The molecule has 0 fully saturated rings. The molecule has 7 heteroatoms. The molecule has 1 amide bonds. The highest BCUT2D eigenvalue weighted by Crippen LogP contribution is 2.29. The van der Waals surface area contributed by atoms with Gasteiger partial charge in [0.25, 0.3) is 0 Å². The molecule has 0 saturated carbocycles. The van der Waals surface area contributed by atoms with Gasteiger partial charge in [-0.3, -0.25) is 14.8 Å². The second kappa shape index (κ2) is 8.65. The number of aromatic nitrogens is 2. The van der Waals surface area contributed by atoms with Gasteiger partial charge >= 0.3 is 6.18 Å². The van der Waals surface area contributed by atoms with Crippen molar-refractivity contribution in [3.05, 3.63) is 83.8 Å². The van der Waals surface area contributed by atoms with Crippen LogP contribution in [0, 0.1) is 0 Å². The molecule has 0 radical (unpaired) electrons. The van der Waals surface area contributed by atoms with Crippen molar-refractivity contribution in [3.63, 3.8) is 0 Å². The number of nitrogens with one attached hydrogen (secondary N) is 1. The fraction of sp³-hybridized carbons (Fsp3) is 0.190. The topological polar surface area (TPSA) is 54.9 Å². The minimum absolute atomic E-state index is 0.176. The van der Waals surface area contributed by atoms with Gasteiger partial charge in [0.1, 0.15) is 0 Å². The summed E-state index contributed by atoms with van der Waals surface area (Å²) < 4.78 is 37.7. The lowest BCUT2D eigenvalue weighted by molar-refractivity contribution is -0.137. The number of halogens is 3. The number of aryl methyl sites for hydroxylation is 1. The van der Waals surface area contributed by atoms with Crippen molar-refractivity contribution in [2.24, 2.45) is 0 Å². The Morgan fingerprint density at radius 3 is 2.36 bits per heavy atom. The lowest BCUT2D eigenvalue weighted by Gasteiger charge is -2.10. The van der Waals surface area contributed by atoms with Crippen molar-refractivity contribution in [2.45, 2.75) is 25.6 Å². The Hall–Kier alpha value is -3.22. The van der Waals surface area contributed by atoms with E-state index in [1.165, 1.54) is 12.1 Å². The predicted molar refractivity (Wildman–Crippen MR) is 99.1 cm³/mol. The van der Waals surface area contributed by atoms with Gasteiger partial charge in [-0.2, -0.15) is 13.2 Å². The third-order valence-electron chi connectivity index (χ3n) is 4.24. The second-order valence-corrected chi connectivity index (χ2v) is 6.22. The van der Waals surface area contributed by atoms with Crippen LogP contribution in [0.2, 0.25) is 0 Å². The summed E-state index contributed by atoms with van der Waals surface area (Å²) >= 11 is 0. The van der Waals surface area contributed by atoms with E-state index in [0.717, 1.165) is 29.0 Å². The first-order valence-corrected chi connectivity index (χ1v) is 8.70. The molecular weight excluding hydrogens is 367 g/mol. The summed E-state index contributed by atoms with van der Waals surface area (Å²) in [6.45, 7) is 0.317. The summed E-state index contributed by atoms with van der Waals surface area (Å²) in [7, 11) is 0. The molecule has 0 saturated heterocycles. The molecular formula is C21H18F3N3O. The van der Waals surface area contributed by atoms with Crippen molar-refractivity contribution in [1.29, 1.82) is 0 Å². The standard InChI is InChI=1S/C21H18F3N3O/c22-21(23,24)18-6-3-15(4-7-18)5-8-19(28)27-14-17-2-1-11-26-20(17)16-9-12-25-13-10-16/h1-4,6-7,9-13H,5,8,14H2,(H,27,28). The maximum atomic E-state index is 12.6. The minimum Gasteiger partial charge on any atom is -0.352 e. The average molecular weight is 385 g/mol. The van der Waals surface area contributed by atoms with Gasteiger partial charge < -0.3 is 5.32 Å². The first kappa shape index (κ1) is 19.5. The van der Waals surface area contributed by atoms with E-state index in [9.17, 15) is 18.0 Å². The van der Waals surface area contributed by atoms with E-state index in [-0.39, 0.29) is 12.3 Å². The number of alkyl halides is 3. The first-order valence-electron chi connectivity index (χ1n) is 8.70. The number of amides is 1. The van der Waals surface area contributed by atoms with E-state index in [4.69, 9.17) is 0 Å². The maximum Gasteiger partial charge on any atom is 0.416 e. The summed E-state index contributed by atoms with van der Waals surface area (Å²) in [5.74, 6) is -0.176. The molecule has 144 valence electrons. The maximum absolute atomic E-state index is 12.6. The fourth-order valence-corrected chi connectivity index (χ4v) is 2.75. The number of nitrogens with zero attached hydrogens (tertiary/aromatic N) is 2. The molecule has 0 aliphatic heterocycles. The van der Waals surface area contributed by atoms with Gasteiger partial charge in [-0.15, -0.1) is 0 Å². The van der Waals surface area contributed by atoms with Gasteiger partial charge in [0.15, 0.2) is 0 Å². The van der Waals surface area contributed by atoms with Crippen molar-refractivity contribution < 1.29 is 18.0 Å². The van der Waals surface area contributed by atoms with Gasteiger partial charge in [-0.1, -0.05) is 18.2 Å². The number of rotatable bonds is 6. The molecule has 1 N–H and O–H groups in total. The zero-order valence-corrected chi connectivity index (χ0v) is 14.9. The highest BCUT2D eigenvalue weighted by Gasteiger charge is 2.29. The third kappa shape index (κ3) is 5.16. The van der Waals surface area contributed by atoms with Gasteiger partial charge in [-0.25, -0.2) is 0 Å². The van der Waals surface area contributed by atoms with Crippen molar-refractivity contribution >= 4 is 5.91 Å². The largest absolute Gasteiger partial charge is 0.416 e. The Balaban J connectivity index is 1.55. The highest BCUT2D eigenvalue weighted by atomic mass is 19.4. The van der Waals surface area contributed by atoms with Gasteiger partial charge in [0.2, 0.25) is 5.91 Å². The summed E-state index contributed by atoms with van der Waals surface area (Å²) in [5.41, 5.74) is 2.54. The van der Waals surface area contributed by atoms with E-state index in [1.54, 1.807) is 24.7 Å². The minimum atomic E-state index is -4.36. The molecule has 2 aromatic heterocycles. The third-order valence-corrected chi connectivity index (χ3v) is 4.24. The molecule has 0 spiro atoms. The smallest absolute Gasteiger partial charge is 0.352 e. The number of carbonyl (C=O) groups excluding carboxylic acids is 1. The van der Waals surface area contributed by atoms with Gasteiger partial charge in [-0.05, 0) is 47.9 Å². The van der Waals surface area contributed by atoms with Crippen LogP contribution in [-0.4, -0.2) is 15.9 Å². The molecule has 28 heavy (non-hydrogen) atoms. The zero-order chi connectivity index (χ0) is 20.0. The quantitative estimate of drug-likeness (QED) is 0.684. The summed E-state index contributed by atoms with van der Waals surface area (Å²) in [6.07, 6.45) is 1.25. The Morgan fingerprint density at radius 1 is 0.964 bits per heavy atom. The van der Waals surface area contributed by atoms with Crippen LogP contribution in [0.25, 0.3) is 11.3 Å². The molecule has 1 aromatic carbocycles. The van der Waals surface area contributed by atoms with Crippen LogP contribution >= 0.6 is 0 Å². The average Bonchev–Trinajstić information content (AvgIpc) is 2.71. The SMILES string of the molecule is O=C(CCc1ccc(C(F)(F)F)cc1)NCc1cccnc1-c1ccncc1.